The van der Waals surface area contributed by atoms with Crippen molar-refractivity contribution < 1.29 is 4.79 Å². The molecule has 1 aliphatic rings. The minimum absolute atomic E-state index is 0.0993. The normalized spacial score (nSPS) is 15.1. The summed E-state index contributed by atoms with van der Waals surface area (Å²) in [4.78, 5) is 28.4. The van der Waals surface area contributed by atoms with Crippen LogP contribution < -0.4 is 10.6 Å². The molecule has 0 saturated carbocycles. The second kappa shape index (κ2) is 12.8. The van der Waals surface area contributed by atoms with Crippen molar-refractivity contribution in [2.75, 3.05) is 23.7 Å². The SMILES string of the molecule is Cc1nc(C2CCCN(C(=O)Nc3cccc(Br)c3)C2)cc(NCc2cccnc2)ccncc1Br. The van der Waals surface area contributed by atoms with Gasteiger partial charge in [0, 0.05) is 71.9 Å². The largest absolute Gasteiger partial charge is 0.381 e. The molecule has 2 amide bonds. The van der Waals surface area contributed by atoms with E-state index in [0.29, 0.717) is 19.6 Å². The number of hydrogen-bond donors (Lipinski definition) is 2. The molecule has 4 rings (SSSR count). The van der Waals surface area contributed by atoms with E-state index in [1.54, 1.807) is 18.6 Å². The third-order valence-electron chi connectivity index (χ3n) is 5.90. The van der Waals surface area contributed by atoms with E-state index in [2.05, 4.69) is 58.5 Å². The van der Waals surface area contributed by atoms with Gasteiger partial charge in [0.2, 0.25) is 0 Å². The highest BCUT2D eigenvalue weighted by Crippen LogP contribution is 2.28. The molecule has 3 aromatic rings. The highest BCUT2D eigenvalue weighted by molar-refractivity contribution is 9.10. The first kappa shape index (κ1) is 26.0. The summed E-state index contributed by atoms with van der Waals surface area (Å²) in [5.41, 5.74) is 4.51. The van der Waals surface area contributed by atoms with E-state index in [9.17, 15) is 4.79 Å². The average molecular weight is 612 g/mol. The van der Waals surface area contributed by atoms with E-state index < -0.39 is 0 Å². The highest BCUT2D eigenvalue weighted by Gasteiger charge is 2.26. The van der Waals surface area contributed by atoms with Crippen molar-refractivity contribution in [1.82, 2.24) is 19.9 Å². The van der Waals surface area contributed by atoms with Crippen LogP contribution in [0, 0.1) is 6.92 Å². The lowest BCUT2D eigenvalue weighted by Crippen LogP contribution is -2.41. The Hall–Kier alpha value is -3.04. The predicted octanol–water partition coefficient (Wildman–Crippen LogP) is 6.85. The van der Waals surface area contributed by atoms with Gasteiger partial charge in [-0.15, -0.1) is 0 Å². The average Bonchev–Trinajstić information content (AvgIpc) is 2.89. The fourth-order valence-corrected chi connectivity index (χ4v) is 4.62. The van der Waals surface area contributed by atoms with E-state index in [1.807, 2.05) is 60.5 Å². The molecule has 186 valence electrons. The lowest BCUT2D eigenvalue weighted by molar-refractivity contribution is 0.192. The number of halogens is 2. The molecule has 2 N–H and O–H groups in total. The van der Waals surface area contributed by atoms with Crippen molar-refractivity contribution in [3.05, 3.63) is 99.2 Å². The van der Waals surface area contributed by atoms with Gasteiger partial charge in [-0.25, -0.2) is 4.79 Å². The number of benzene rings is 1. The summed E-state index contributed by atoms with van der Waals surface area (Å²) in [6, 6.07) is 15.5. The Morgan fingerprint density at radius 1 is 1.06 bits per heavy atom. The van der Waals surface area contributed by atoms with Gasteiger partial charge in [0.1, 0.15) is 0 Å². The van der Waals surface area contributed by atoms with Crippen LogP contribution in [0.1, 0.15) is 35.7 Å². The highest BCUT2D eigenvalue weighted by atomic mass is 79.9. The maximum atomic E-state index is 13.1. The molecule has 3 heterocycles. The van der Waals surface area contributed by atoms with E-state index in [-0.39, 0.29) is 11.9 Å². The molecule has 7 nitrogen and oxygen atoms in total. The Morgan fingerprint density at radius 2 is 1.92 bits per heavy atom. The Kier molecular flexibility index (Phi) is 9.24. The fourth-order valence-electron chi connectivity index (χ4n) is 4.01. The summed E-state index contributed by atoms with van der Waals surface area (Å²) in [7, 11) is 0. The number of aryl methyl sites for hydroxylation is 1. The smallest absolute Gasteiger partial charge is 0.321 e. The number of aromatic nitrogens is 3. The standard InChI is InChI=1S/C27H28Br2N6O/c1-19-25(29)17-31-11-9-23(32-16-20-5-3-10-30-15-20)14-26(33-19)21-6-4-12-35(18-21)27(36)34-24-8-2-7-22(28)13-24/h2-3,5,7-11,13-15,17,21,32H,4,6,12,16,18H2,1H3,(H,34,36). The van der Waals surface area contributed by atoms with Gasteiger partial charge in [-0.2, -0.15) is 0 Å². The number of carbonyl (C=O) groups is 1. The minimum Gasteiger partial charge on any atom is -0.381 e. The maximum Gasteiger partial charge on any atom is 0.321 e. The number of nitrogens with zero attached hydrogens (tertiary/aromatic N) is 4. The summed E-state index contributed by atoms with van der Waals surface area (Å²) < 4.78 is 1.75. The molecular formula is C27H28Br2N6O. The van der Waals surface area contributed by atoms with Crippen molar-refractivity contribution in [3.8, 4) is 0 Å². The van der Waals surface area contributed by atoms with Crippen LogP contribution in [0.25, 0.3) is 0 Å². The molecule has 1 saturated heterocycles. The first-order chi connectivity index (χ1) is 17.5. The lowest BCUT2D eigenvalue weighted by Gasteiger charge is -2.32. The number of carbonyl (C=O) groups excluding carboxylic acids is 1. The number of piperidine rings is 1. The van der Waals surface area contributed by atoms with Gasteiger partial charge in [0.15, 0.2) is 0 Å². The molecule has 0 bridgehead atoms. The summed E-state index contributed by atoms with van der Waals surface area (Å²) in [6.45, 7) is 3.89. The molecule has 1 atom stereocenters. The van der Waals surface area contributed by atoms with E-state index >= 15 is 0 Å². The molecule has 0 radical (unpaired) electrons. The number of anilines is 2. The van der Waals surface area contributed by atoms with Crippen LogP contribution in [-0.4, -0.2) is 39.0 Å². The van der Waals surface area contributed by atoms with Gasteiger partial charge < -0.3 is 15.5 Å². The second-order valence-electron chi connectivity index (χ2n) is 8.60. The zero-order valence-electron chi connectivity index (χ0n) is 20.0. The molecule has 1 aromatic carbocycles. The molecule has 1 unspecified atom stereocenters. The number of likely N-dealkylation sites (tertiary alicyclic amines) is 1. The third-order valence-corrected chi connectivity index (χ3v) is 7.17. The van der Waals surface area contributed by atoms with E-state index in [1.165, 1.54) is 0 Å². The second-order valence-corrected chi connectivity index (χ2v) is 10.4. The Morgan fingerprint density at radius 3 is 2.72 bits per heavy atom. The first-order valence-corrected chi connectivity index (χ1v) is 13.4. The van der Waals surface area contributed by atoms with Crippen LogP contribution in [0.4, 0.5) is 16.2 Å². The fraction of sp³-hybridized carbons (Fsp3) is 0.259. The van der Waals surface area contributed by atoms with Crippen molar-refractivity contribution in [2.45, 2.75) is 32.2 Å². The van der Waals surface area contributed by atoms with Crippen molar-refractivity contribution in [2.24, 2.45) is 0 Å². The number of hydrogen-bond acceptors (Lipinski definition) is 5. The molecule has 36 heavy (non-hydrogen) atoms. The maximum absolute atomic E-state index is 13.1. The summed E-state index contributed by atoms with van der Waals surface area (Å²) in [6.07, 6.45) is 8.98. The molecule has 1 aliphatic heterocycles. The van der Waals surface area contributed by atoms with Gasteiger partial charge in [-0.3, -0.25) is 15.0 Å². The number of amides is 2. The Bertz CT molecular complexity index is 1260. The van der Waals surface area contributed by atoms with Crippen LogP contribution in [0.15, 0.2) is 82.3 Å². The number of pyridine rings is 1. The predicted molar refractivity (Wildman–Crippen MR) is 150 cm³/mol. The van der Waals surface area contributed by atoms with Gasteiger partial charge in [0.25, 0.3) is 0 Å². The molecule has 2 aromatic heterocycles. The summed E-state index contributed by atoms with van der Waals surface area (Å²) in [5.74, 6) is 0.0993. The number of rotatable bonds is 5. The molecule has 1 fully saturated rings. The van der Waals surface area contributed by atoms with Crippen molar-refractivity contribution in [1.29, 1.82) is 0 Å². The molecular weight excluding hydrogens is 584 g/mol. The van der Waals surface area contributed by atoms with Gasteiger partial charge >= 0.3 is 6.03 Å². The minimum atomic E-state index is -0.0994. The topological polar surface area (TPSA) is 83.0 Å². The van der Waals surface area contributed by atoms with E-state index in [4.69, 9.17) is 4.98 Å². The van der Waals surface area contributed by atoms with Crippen LogP contribution in [0.2, 0.25) is 0 Å². The zero-order chi connectivity index (χ0) is 25.3. The number of nitrogens with one attached hydrogen (secondary N) is 2. The van der Waals surface area contributed by atoms with Crippen LogP contribution in [-0.2, 0) is 6.54 Å². The lowest BCUT2D eigenvalue weighted by atomic mass is 9.94. The van der Waals surface area contributed by atoms with Gasteiger partial charge in [-0.05, 0) is 77.7 Å². The number of urea groups is 1. The Labute approximate surface area is 228 Å². The molecule has 0 spiro atoms. The van der Waals surface area contributed by atoms with Gasteiger partial charge in [-0.1, -0.05) is 28.1 Å². The summed E-state index contributed by atoms with van der Waals surface area (Å²) in [5, 5.41) is 6.49. The van der Waals surface area contributed by atoms with Gasteiger partial charge in [0.05, 0.1) is 10.2 Å². The monoisotopic (exact) mass is 610 g/mol. The van der Waals surface area contributed by atoms with Crippen molar-refractivity contribution >= 4 is 49.3 Å². The van der Waals surface area contributed by atoms with Crippen LogP contribution in [0.3, 0.4) is 0 Å². The third kappa shape index (κ3) is 7.48. The first-order valence-electron chi connectivity index (χ1n) is 11.8. The quantitative estimate of drug-likeness (QED) is 0.330. The summed E-state index contributed by atoms with van der Waals surface area (Å²) >= 11 is 7.03. The van der Waals surface area contributed by atoms with Crippen LogP contribution in [0.5, 0.6) is 0 Å². The molecule has 9 heteroatoms. The molecule has 0 aliphatic carbocycles. The van der Waals surface area contributed by atoms with Crippen molar-refractivity contribution in [3.63, 3.8) is 0 Å². The van der Waals surface area contributed by atoms with Crippen LogP contribution >= 0.6 is 31.9 Å². The zero-order valence-corrected chi connectivity index (χ0v) is 23.2. The Balaban J connectivity index is 1.59. The van der Waals surface area contributed by atoms with E-state index in [0.717, 1.165) is 50.1 Å².